The number of hydrogen-bond acceptors (Lipinski definition) is 4. The van der Waals surface area contributed by atoms with E-state index in [9.17, 15) is 9.59 Å². The lowest BCUT2D eigenvalue weighted by molar-refractivity contribution is -0.117. The van der Waals surface area contributed by atoms with E-state index in [-0.39, 0.29) is 23.6 Å². The molecule has 1 aromatic carbocycles. The molecular weight excluding hydrogens is 250 g/mol. The Morgan fingerprint density at radius 1 is 1.56 bits per heavy atom. The third-order valence-electron chi connectivity index (χ3n) is 2.83. The molecule has 6 heteroatoms. The van der Waals surface area contributed by atoms with Gasteiger partial charge in [0.2, 0.25) is 11.8 Å². The van der Waals surface area contributed by atoms with Crippen molar-refractivity contribution in [1.82, 2.24) is 0 Å². The summed E-state index contributed by atoms with van der Waals surface area (Å²) >= 11 is 1.51. The van der Waals surface area contributed by atoms with E-state index < -0.39 is 0 Å². The van der Waals surface area contributed by atoms with Crippen LogP contribution in [0.3, 0.4) is 0 Å². The first kappa shape index (κ1) is 12.9. The fourth-order valence-corrected chi connectivity index (χ4v) is 2.62. The number of hydrogen-bond donors (Lipinski definition) is 2. The Bertz CT molecular complexity index is 504. The number of rotatable bonds is 2. The highest BCUT2D eigenvalue weighted by Gasteiger charge is 2.23. The fourth-order valence-electron chi connectivity index (χ4n) is 1.69. The molecule has 2 rings (SSSR count). The highest BCUT2D eigenvalue weighted by Crippen LogP contribution is 2.37. The first-order valence-electron chi connectivity index (χ1n) is 5.61. The summed E-state index contributed by atoms with van der Waals surface area (Å²) in [5, 5.41) is 2.74. The first-order valence-corrected chi connectivity index (χ1v) is 6.49. The Morgan fingerprint density at radius 2 is 2.28 bits per heavy atom. The Hall–Kier alpha value is -1.53. The molecule has 18 heavy (non-hydrogen) atoms. The van der Waals surface area contributed by atoms with Crippen LogP contribution >= 0.6 is 11.8 Å². The maximum absolute atomic E-state index is 11.6. The zero-order chi connectivity index (χ0) is 13.3. The molecule has 0 spiro atoms. The highest BCUT2D eigenvalue weighted by molar-refractivity contribution is 8.00. The van der Waals surface area contributed by atoms with E-state index in [1.807, 2.05) is 19.1 Å². The summed E-state index contributed by atoms with van der Waals surface area (Å²) in [5.41, 5.74) is 6.79. The Balaban J connectivity index is 2.30. The van der Waals surface area contributed by atoms with Crippen molar-refractivity contribution in [2.45, 2.75) is 17.1 Å². The van der Waals surface area contributed by atoms with Crippen molar-refractivity contribution in [2.75, 3.05) is 23.8 Å². The van der Waals surface area contributed by atoms with Crippen LogP contribution in [0.25, 0.3) is 0 Å². The minimum atomic E-state index is -0.168. The Labute approximate surface area is 110 Å². The van der Waals surface area contributed by atoms with Gasteiger partial charge in [0, 0.05) is 17.6 Å². The van der Waals surface area contributed by atoms with E-state index in [4.69, 9.17) is 5.73 Å². The lowest BCUT2D eigenvalue weighted by Gasteiger charge is -2.24. The number of carbonyl (C=O) groups excluding carboxylic acids is 2. The van der Waals surface area contributed by atoms with Crippen molar-refractivity contribution in [2.24, 2.45) is 5.73 Å². The van der Waals surface area contributed by atoms with Gasteiger partial charge in [-0.25, -0.2) is 0 Å². The van der Waals surface area contributed by atoms with E-state index >= 15 is 0 Å². The molecule has 0 bridgehead atoms. The van der Waals surface area contributed by atoms with Crippen molar-refractivity contribution in [3.8, 4) is 0 Å². The molecule has 1 aliphatic heterocycles. The summed E-state index contributed by atoms with van der Waals surface area (Å²) in [4.78, 5) is 25.6. The summed E-state index contributed by atoms with van der Waals surface area (Å²) in [7, 11) is 1.66. The van der Waals surface area contributed by atoms with Crippen LogP contribution in [0.15, 0.2) is 23.1 Å². The molecule has 1 aromatic rings. The molecule has 1 aliphatic rings. The van der Waals surface area contributed by atoms with Crippen molar-refractivity contribution in [3.05, 3.63) is 18.2 Å². The van der Waals surface area contributed by atoms with Gasteiger partial charge in [0.05, 0.1) is 17.5 Å². The van der Waals surface area contributed by atoms with Gasteiger partial charge in [0.25, 0.3) is 0 Å². The summed E-state index contributed by atoms with van der Waals surface area (Å²) in [6, 6.07) is 5.55. The zero-order valence-electron chi connectivity index (χ0n) is 10.3. The van der Waals surface area contributed by atoms with Gasteiger partial charge in [-0.15, -0.1) is 11.8 Å². The van der Waals surface area contributed by atoms with Gasteiger partial charge in [-0.3, -0.25) is 9.59 Å². The van der Waals surface area contributed by atoms with Gasteiger partial charge in [-0.05, 0) is 25.1 Å². The number of carbonyl (C=O) groups is 2. The number of nitrogens with two attached hydrogens (primary N) is 1. The Morgan fingerprint density at radius 3 is 2.94 bits per heavy atom. The van der Waals surface area contributed by atoms with E-state index in [2.05, 4.69) is 5.32 Å². The lowest BCUT2D eigenvalue weighted by Crippen LogP contribution is -2.33. The topological polar surface area (TPSA) is 75.4 Å². The highest BCUT2D eigenvalue weighted by atomic mass is 32.2. The van der Waals surface area contributed by atoms with Crippen molar-refractivity contribution in [1.29, 1.82) is 0 Å². The predicted molar refractivity (Wildman–Crippen MR) is 72.9 cm³/mol. The third kappa shape index (κ3) is 2.34. The number of likely N-dealkylation sites (N-methyl/N-ethyl adjacent to an activating group) is 1. The molecule has 1 heterocycles. The molecule has 0 aliphatic carbocycles. The monoisotopic (exact) mass is 265 g/mol. The summed E-state index contributed by atoms with van der Waals surface area (Å²) in [6.45, 7) is 1.83. The zero-order valence-corrected chi connectivity index (χ0v) is 11.1. The van der Waals surface area contributed by atoms with Crippen LogP contribution in [-0.2, 0) is 9.59 Å². The van der Waals surface area contributed by atoms with Crippen molar-refractivity contribution >= 4 is 35.0 Å². The standard InChI is InChI=1S/C12H15N3O2S/c1-7-12(17)14-9-5-8(3-4-10(9)18-7)15(2)11(16)6-13/h3-5,7H,6,13H2,1-2H3,(H,14,17). The lowest BCUT2D eigenvalue weighted by atomic mass is 10.2. The molecule has 3 N–H and O–H groups in total. The second-order valence-corrected chi connectivity index (χ2v) is 5.47. The molecule has 0 radical (unpaired) electrons. The molecule has 0 saturated carbocycles. The molecule has 0 saturated heterocycles. The number of thioether (sulfide) groups is 1. The smallest absolute Gasteiger partial charge is 0.240 e. The second-order valence-electron chi connectivity index (χ2n) is 4.09. The van der Waals surface area contributed by atoms with Gasteiger partial charge in [0.15, 0.2) is 0 Å². The number of nitrogens with zero attached hydrogens (tertiary/aromatic N) is 1. The van der Waals surface area contributed by atoms with Gasteiger partial charge in [-0.1, -0.05) is 0 Å². The number of nitrogens with one attached hydrogen (secondary N) is 1. The first-order chi connectivity index (χ1) is 8.52. The summed E-state index contributed by atoms with van der Waals surface area (Å²) in [6.07, 6.45) is 0. The largest absolute Gasteiger partial charge is 0.324 e. The van der Waals surface area contributed by atoms with Gasteiger partial charge in [-0.2, -0.15) is 0 Å². The quantitative estimate of drug-likeness (QED) is 0.838. The molecule has 2 amide bonds. The maximum atomic E-state index is 11.6. The minimum absolute atomic E-state index is 0.0162. The van der Waals surface area contributed by atoms with Crippen molar-refractivity contribution in [3.63, 3.8) is 0 Å². The van der Waals surface area contributed by atoms with Crippen LogP contribution in [0.4, 0.5) is 11.4 Å². The van der Waals surface area contributed by atoms with Crippen LogP contribution in [0.2, 0.25) is 0 Å². The molecule has 5 nitrogen and oxygen atoms in total. The predicted octanol–water partition coefficient (Wildman–Crippen LogP) is 1.04. The summed E-state index contributed by atoms with van der Waals surface area (Å²) < 4.78 is 0. The maximum Gasteiger partial charge on any atom is 0.240 e. The molecule has 0 aromatic heterocycles. The number of fused-ring (bicyclic) bond motifs is 1. The van der Waals surface area contributed by atoms with E-state index in [1.54, 1.807) is 13.1 Å². The molecule has 96 valence electrons. The number of anilines is 2. The fraction of sp³-hybridized carbons (Fsp3) is 0.333. The van der Waals surface area contributed by atoms with E-state index in [0.717, 1.165) is 16.3 Å². The van der Waals surface area contributed by atoms with Gasteiger partial charge < -0.3 is 16.0 Å². The molecule has 0 fully saturated rings. The summed E-state index contributed by atoms with van der Waals surface area (Å²) in [5.74, 6) is -0.185. The average molecular weight is 265 g/mol. The van der Waals surface area contributed by atoms with Gasteiger partial charge >= 0.3 is 0 Å². The van der Waals surface area contributed by atoms with Crippen LogP contribution in [-0.4, -0.2) is 30.7 Å². The van der Waals surface area contributed by atoms with E-state index in [1.165, 1.54) is 16.7 Å². The second kappa shape index (κ2) is 4.99. The normalized spacial score (nSPS) is 17.9. The SMILES string of the molecule is CC1Sc2ccc(N(C)C(=O)CN)cc2NC1=O. The van der Waals surface area contributed by atoms with Crippen LogP contribution in [0, 0.1) is 0 Å². The minimum Gasteiger partial charge on any atom is -0.324 e. The van der Waals surface area contributed by atoms with Crippen LogP contribution in [0.1, 0.15) is 6.92 Å². The van der Waals surface area contributed by atoms with Crippen LogP contribution in [0.5, 0.6) is 0 Å². The number of benzene rings is 1. The van der Waals surface area contributed by atoms with Crippen molar-refractivity contribution < 1.29 is 9.59 Å². The van der Waals surface area contributed by atoms with Gasteiger partial charge in [0.1, 0.15) is 0 Å². The molecule has 1 unspecified atom stereocenters. The van der Waals surface area contributed by atoms with E-state index in [0.29, 0.717) is 0 Å². The molecular formula is C12H15N3O2S. The average Bonchev–Trinajstić information content (AvgIpc) is 2.37. The third-order valence-corrected chi connectivity index (χ3v) is 4.01. The molecule has 1 atom stereocenters. The Kier molecular flexibility index (Phi) is 3.58. The van der Waals surface area contributed by atoms with Crippen LogP contribution < -0.4 is 16.0 Å². The number of amides is 2.